The van der Waals surface area contributed by atoms with E-state index in [0.717, 1.165) is 11.1 Å². The van der Waals surface area contributed by atoms with Crippen LogP contribution in [0.15, 0.2) is 82.2 Å². The quantitative estimate of drug-likeness (QED) is 0.492. The second-order valence-electron chi connectivity index (χ2n) is 6.65. The van der Waals surface area contributed by atoms with E-state index >= 15 is 0 Å². The van der Waals surface area contributed by atoms with Gasteiger partial charge in [-0.25, -0.2) is 8.42 Å². The van der Waals surface area contributed by atoms with E-state index in [2.05, 4.69) is 14.9 Å². The molecule has 8 heteroatoms. The molecule has 3 aromatic carbocycles. The van der Waals surface area contributed by atoms with Crippen molar-refractivity contribution in [2.24, 2.45) is 0 Å². The molecular formula is C22H19N3O4S. The van der Waals surface area contributed by atoms with Gasteiger partial charge >= 0.3 is 0 Å². The topological polar surface area (TPSA) is 94.3 Å². The van der Waals surface area contributed by atoms with Crippen molar-refractivity contribution in [2.75, 3.05) is 11.8 Å². The van der Waals surface area contributed by atoms with Gasteiger partial charge in [0, 0.05) is 16.8 Å². The summed E-state index contributed by atoms with van der Waals surface area (Å²) >= 11 is 0. The van der Waals surface area contributed by atoms with E-state index in [1.54, 1.807) is 36.4 Å². The molecule has 1 aromatic heterocycles. The molecular weight excluding hydrogens is 402 g/mol. The van der Waals surface area contributed by atoms with Crippen LogP contribution in [0.2, 0.25) is 0 Å². The molecule has 0 amide bonds. The lowest BCUT2D eigenvalue weighted by atomic mass is 10.1. The summed E-state index contributed by atoms with van der Waals surface area (Å²) in [6, 6.07) is 20.7. The summed E-state index contributed by atoms with van der Waals surface area (Å²) in [6.45, 7) is 2.01. The average molecular weight is 421 g/mol. The van der Waals surface area contributed by atoms with Crippen LogP contribution in [0.25, 0.3) is 22.8 Å². The van der Waals surface area contributed by atoms with Gasteiger partial charge in [0.05, 0.1) is 12.0 Å². The molecule has 152 valence electrons. The molecule has 0 spiro atoms. The molecule has 4 aromatic rings. The summed E-state index contributed by atoms with van der Waals surface area (Å²) in [7, 11) is -2.18. The van der Waals surface area contributed by atoms with Gasteiger partial charge in [-0.2, -0.15) is 4.98 Å². The zero-order valence-electron chi connectivity index (χ0n) is 16.4. The van der Waals surface area contributed by atoms with Crippen molar-refractivity contribution in [3.63, 3.8) is 0 Å². The number of ether oxygens (including phenoxy) is 1. The maximum Gasteiger partial charge on any atom is 0.261 e. The van der Waals surface area contributed by atoms with Crippen LogP contribution >= 0.6 is 0 Å². The first-order valence-corrected chi connectivity index (χ1v) is 10.6. The Labute approximate surface area is 174 Å². The molecule has 0 aliphatic rings. The highest BCUT2D eigenvalue weighted by Crippen LogP contribution is 2.25. The average Bonchev–Trinajstić information content (AvgIpc) is 3.25. The van der Waals surface area contributed by atoms with Crippen LogP contribution in [-0.4, -0.2) is 25.7 Å². The lowest BCUT2D eigenvalue weighted by Gasteiger charge is -2.09. The third kappa shape index (κ3) is 4.18. The Hall–Kier alpha value is -3.65. The summed E-state index contributed by atoms with van der Waals surface area (Å²) in [4.78, 5) is 4.57. The second kappa shape index (κ2) is 8.00. The van der Waals surface area contributed by atoms with Crippen LogP contribution in [0.3, 0.4) is 0 Å². The standard InChI is InChI=1S/C22H19N3O4S/c1-15-3-5-17(6-4-15)22-23-21(24-29-22)16-7-9-18(10-8-16)25-30(26,27)20-13-11-19(28-2)12-14-20/h3-14,25H,1-2H3. The molecule has 7 nitrogen and oxygen atoms in total. The number of aryl methyl sites for hydroxylation is 1. The number of sulfonamides is 1. The number of nitrogens with zero attached hydrogens (tertiary/aromatic N) is 2. The van der Waals surface area contributed by atoms with Gasteiger partial charge in [0.2, 0.25) is 5.82 Å². The number of rotatable bonds is 6. The zero-order chi connectivity index (χ0) is 21.1. The molecule has 0 atom stereocenters. The molecule has 1 heterocycles. The number of nitrogens with one attached hydrogen (secondary N) is 1. The summed E-state index contributed by atoms with van der Waals surface area (Å²) < 4.78 is 38.1. The molecule has 0 saturated heterocycles. The summed E-state index contributed by atoms with van der Waals surface area (Å²) in [5, 5.41) is 4.02. The van der Waals surface area contributed by atoms with Gasteiger partial charge in [-0.15, -0.1) is 0 Å². The highest BCUT2D eigenvalue weighted by Gasteiger charge is 2.15. The largest absolute Gasteiger partial charge is 0.497 e. The molecule has 30 heavy (non-hydrogen) atoms. The Morgan fingerprint density at radius 2 is 1.50 bits per heavy atom. The van der Waals surface area contributed by atoms with Gasteiger partial charge in [0.25, 0.3) is 15.9 Å². The fourth-order valence-corrected chi connectivity index (χ4v) is 3.87. The van der Waals surface area contributed by atoms with Crippen LogP contribution in [0.4, 0.5) is 5.69 Å². The molecule has 0 radical (unpaired) electrons. The first-order chi connectivity index (χ1) is 14.4. The van der Waals surface area contributed by atoms with Crippen LogP contribution in [0.5, 0.6) is 5.75 Å². The van der Waals surface area contributed by atoms with Gasteiger partial charge in [-0.3, -0.25) is 4.72 Å². The first-order valence-electron chi connectivity index (χ1n) is 9.13. The molecule has 0 bridgehead atoms. The number of aromatic nitrogens is 2. The Morgan fingerprint density at radius 3 is 2.13 bits per heavy atom. The third-order valence-electron chi connectivity index (χ3n) is 4.49. The maximum absolute atomic E-state index is 12.5. The lowest BCUT2D eigenvalue weighted by molar-refractivity contribution is 0.414. The number of hydrogen-bond donors (Lipinski definition) is 1. The normalized spacial score (nSPS) is 11.3. The fourth-order valence-electron chi connectivity index (χ4n) is 2.81. The third-order valence-corrected chi connectivity index (χ3v) is 5.89. The predicted molar refractivity (Wildman–Crippen MR) is 114 cm³/mol. The van der Waals surface area contributed by atoms with Crippen molar-refractivity contribution in [3.05, 3.63) is 78.4 Å². The monoisotopic (exact) mass is 421 g/mol. The minimum absolute atomic E-state index is 0.147. The SMILES string of the molecule is COc1ccc(S(=O)(=O)Nc2ccc(-c3noc(-c4ccc(C)cc4)n3)cc2)cc1. The van der Waals surface area contributed by atoms with E-state index in [9.17, 15) is 8.42 Å². The molecule has 4 rings (SSSR count). The fraction of sp³-hybridized carbons (Fsp3) is 0.0909. The van der Waals surface area contributed by atoms with Gasteiger partial charge < -0.3 is 9.26 Å². The molecule has 1 N–H and O–H groups in total. The number of hydrogen-bond acceptors (Lipinski definition) is 6. The predicted octanol–water partition coefficient (Wildman–Crippen LogP) is 4.52. The highest BCUT2D eigenvalue weighted by molar-refractivity contribution is 7.92. The lowest BCUT2D eigenvalue weighted by Crippen LogP contribution is -2.12. The molecule has 0 aliphatic carbocycles. The molecule has 0 unspecified atom stereocenters. The first kappa shape index (κ1) is 19.7. The van der Waals surface area contributed by atoms with E-state index in [1.807, 2.05) is 31.2 Å². The summed E-state index contributed by atoms with van der Waals surface area (Å²) in [5.74, 6) is 1.44. The van der Waals surface area contributed by atoms with Crippen molar-refractivity contribution in [3.8, 4) is 28.6 Å². The van der Waals surface area contributed by atoms with Crippen molar-refractivity contribution in [2.45, 2.75) is 11.8 Å². The Bertz CT molecular complexity index is 1250. The molecule has 0 saturated carbocycles. The maximum atomic E-state index is 12.5. The Kier molecular flexibility index (Phi) is 5.24. The van der Waals surface area contributed by atoms with E-state index in [1.165, 1.54) is 19.2 Å². The second-order valence-corrected chi connectivity index (χ2v) is 8.33. The number of anilines is 1. The minimum Gasteiger partial charge on any atom is -0.497 e. The van der Waals surface area contributed by atoms with Crippen LogP contribution in [0.1, 0.15) is 5.56 Å². The smallest absolute Gasteiger partial charge is 0.261 e. The molecule has 0 aliphatic heterocycles. The summed E-state index contributed by atoms with van der Waals surface area (Å²) in [6.07, 6.45) is 0. The van der Waals surface area contributed by atoms with Crippen LogP contribution < -0.4 is 9.46 Å². The van der Waals surface area contributed by atoms with Crippen LogP contribution in [-0.2, 0) is 10.0 Å². The van der Waals surface area contributed by atoms with E-state index in [0.29, 0.717) is 28.7 Å². The van der Waals surface area contributed by atoms with Crippen molar-refractivity contribution in [1.29, 1.82) is 0 Å². The van der Waals surface area contributed by atoms with Crippen molar-refractivity contribution < 1.29 is 17.7 Å². The Morgan fingerprint density at radius 1 is 0.867 bits per heavy atom. The van der Waals surface area contributed by atoms with Crippen molar-refractivity contribution in [1.82, 2.24) is 10.1 Å². The zero-order valence-corrected chi connectivity index (χ0v) is 17.2. The number of methoxy groups -OCH3 is 1. The van der Waals surface area contributed by atoms with Crippen LogP contribution in [0, 0.1) is 6.92 Å². The Balaban J connectivity index is 1.51. The van der Waals surface area contributed by atoms with Gasteiger partial charge in [-0.05, 0) is 67.6 Å². The summed E-state index contributed by atoms with van der Waals surface area (Å²) in [5.41, 5.74) is 3.12. The highest BCUT2D eigenvalue weighted by atomic mass is 32.2. The molecule has 0 fully saturated rings. The van der Waals surface area contributed by atoms with Gasteiger partial charge in [-0.1, -0.05) is 22.9 Å². The minimum atomic E-state index is -3.71. The van der Waals surface area contributed by atoms with Gasteiger partial charge in [0.15, 0.2) is 0 Å². The van der Waals surface area contributed by atoms with Gasteiger partial charge in [0.1, 0.15) is 5.75 Å². The van der Waals surface area contributed by atoms with E-state index in [4.69, 9.17) is 9.26 Å². The van der Waals surface area contributed by atoms with E-state index in [-0.39, 0.29) is 4.90 Å². The van der Waals surface area contributed by atoms with E-state index < -0.39 is 10.0 Å². The number of benzene rings is 3. The van der Waals surface area contributed by atoms with Crippen molar-refractivity contribution >= 4 is 15.7 Å².